The minimum atomic E-state index is -0.958. The maximum absolute atomic E-state index is 11.7. The number of nitrogens with zero attached hydrogens (tertiary/aromatic N) is 4. The molecule has 0 aromatic carbocycles. The fourth-order valence-corrected chi connectivity index (χ4v) is 1.84. The lowest BCUT2D eigenvalue weighted by molar-refractivity contribution is -0.137. The van der Waals surface area contributed by atoms with Gasteiger partial charge in [0.1, 0.15) is 24.0 Å². The lowest BCUT2D eigenvalue weighted by atomic mass is 10.3. The number of aliphatic carboxylic acids is 1. The molecule has 0 radical (unpaired) electrons. The number of aromatic nitrogens is 2. The molecule has 0 aliphatic carbocycles. The van der Waals surface area contributed by atoms with Crippen molar-refractivity contribution >= 4 is 23.5 Å². The monoisotopic (exact) mass is 279 g/mol. The molecule has 8 heteroatoms. The number of carboxylic acids is 1. The maximum atomic E-state index is 11.7. The first kappa shape index (κ1) is 14.0. The van der Waals surface area contributed by atoms with Gasteiger partial charge in [0.25, 0.3) is 0 Å². The van der Waals surface area contributed by atoms with Gasteiger partial charge in [0.15, 0.2) is 0 Å². The van der Waals surface area contributed by atoms with E-state index in [1.807, 2.05) is 4.90 Å². The van der Waals surface area contributed by atoms with E-state index in [9.17, 15) is 9.59 Å². The van der Waals surface area contributed by atoms with Crippen LogP contribution in [0.2, 0.25) is 0 Å². The number of carbonyl (C=O) groups is 2. The van der Waals surface area contributed by atoms with Crippen LogP contribution in [-0.2, 0) is 9.59 Å². The number of amides is 1. The van der Waals surface area contributed by atoms with Crippen molar-refractivity contribution in [3.05, 3.63) is 12.4 Å². The summed E-state index contributed by atoms with van der Waals surface area (Å²) in [5, 5.41) is 11.6. The Labute approximate surface area is 116 Å². The molecule has 0 saturated carbocycles. The Kier molecular flexibility index (Phi) is 4.02. The van der Waals surface area contributed by atoms with Crippen LogP contribution >= 0.6 is 0 Å². The minimum absolute atomic E-state index is 0.0308. The summed E-state index contributed by atoms with van der Waals surface area (Å²) in [6.07, 6.45) is 1.36. The van der Waals surface area contributed by atoms with Gasteiger partial charge in [-0.25, -0.2) is 9.97 Å². The van der Waals surface area contributed by atoms with E-state index >= 15 is 0 Å². The second-order valence-corrected chi connectivity index (χ2v) is 4.70. The highest BCUT2D eigenvalue weighted by molar-refractivity contribution is 5.82. The fraction of sp³-hybridized carbons (Fsp3) is 0.500. The molecule has 1 aliphatic rings. The highest BCUT2D eigenvalue weighted by Crippen LogP contribution is 2.16. The van der Waals surface area contributed by atoms with Crippen molar-refractivity contribution in [2.45, 2.75) is 13.0 Å². The van der Waals surface area contributed by atoms with Gasteiger partial charge < -0.3 is 20.2 Å². The third-order valence-corrected chi connectivity index (χ3v) is 3.17. The van der Waals surface area contributed by atoms with Crippen molar-refractivity contribution in [2.24, 2.45) is 0 Å². The Balaban J connectivity index is 2.10. The molecule has 1 saturated heterocycles. The molecule has 2 heterocycles. The van der Waals surface area contributed by atoms with Crippen LogP contribution in [0, 0.1) is 0 Å². The Hall–Kier alpha value is -2.38. The lowest BCUT2D eigenvalue weighted by Gasteiger charge is -2.32. The third-order valence-electron chi connectivity index (χ3n) is 3.17. The molecule has 108 valence electrons. The van der Waals surface area contributed by atoms with E-state index in [1.54, 1.807) is 18.0 Å². The third kappa shape index (κ3) is 3.14. The van der Waals surface area contributed by atoms with Gasteiger partial charge in [-0.3, -0.25) is 9.59 Å². The quantitative estimate of drug-likeness (QED) is 0.776. The number of rotatable bonds is 4. The van der Waals surface area contributed by atoms with Crippen LogP contribution in [-0.4, -0.2) is 64.6 Å². The van der Waals surface area contributed by atoms with Gasteiger partial charge >= 0.3 is 5.97 Å². The van der Waals surface area contributed by atoms with Crippen molar-refractivity contribution in [2.75, 3.05) is 36.9 Å². The smallest absolute Gasteiger partial charge is 0.325 e. The molecule has 8 nitrogen and oxygen atoms in total. The average Bonchev–Trinajstić information content (AvgIpc) is 2.42. The van der Waals surface area contributed by atoms with Crippen LogP contribution < -0.4 is 10.2 Å². The second-order valence-electron chi connectivity index (χ2n) is 4.70. The number of hydrogen-bond acceptors (Lipinski definition) is 6. The standard InChI is InChI=1S/C12H17N5O3/c1-8(12(19)20)15-9-5-10(14-7-13-9)17-4-3-16(2)11(18)6-17/h5,7-8H,3-4,6H2,1-2H3,(H,19,20)(H,13,14,15). The van der Waals surface area contributed by atoms with E-state index in [-0.39, 0.29) is 12.5 Å². The van der Waals surface area contributed by atoms with Gasteiger partial charge in [-0.2, -0.15) is 0 Å². The number of nitrogens with one attached hydrogen (secondary N) is 1. The Bertz CT molecular complexity index is 522. The fourth-order valence-electron chi connectivity index (χ4n) is 1.84. The lowest BCUT2D eigenvalue weighted by Crippen LogP contribution is -2.48. The molecule has 0 spiro atoms. The van der Waals surface area contributed by atoms with Crippen LogP contribution in [0.25, 0.3) is 0 Å². The van der Waals surface area contributed by atoms with Crippen molar-refractivity contribution in [3.8, 4) is 0 Å². The van der Waals surface area contributed by atoms with Crippen LogP contribution in [0.15, 0.2) is 12.4 Å². The largest absolute Gasteiger partial charge is 0.480 e. The Morgan fingerprint density at radius 3 is 2.85 bits per heavy atom. The number of hydrogen-bond donors (Lipinski definition) is 2. The molecule has 1 unspecified atom stereocenters. The van der Waals surface area contributed by atoms with Crippen LogP contribution in [0.1, 0.15) is 6.92 Å². The molecule has 1 fully saturated rings. The van der Waals surface area contributed by atoms with E-state index < -0.39 is 12.0 Å². The first-order valence-electron chi connectivity index (χ1n) is 6.27. The molecular formula is C12H17N5O3. The molecule has 1 aromatic rings. The normalized spacial score (nSPS) is 17.0. The van der Waals surface area contributed by atoms with E-state index in [4.69, 9.17) is 5.11 Å². The van der Waals surface area contributed by atoms with Crippen LogP contribution in [0.3, 0.4) is 0 Å². The molecule has 0 bridgehead atoms. The highest BCUT2D eigenvalue weighted by Gasteiger charge is 2.22. The van der Waals surface area contributed by atoms with Gasteiger partial charge in [0.05, 0.1) is 6.54 Å². The predicted octanol–water partition coefficient (Wildman–Crippen LogP) is -0.360. The number of carboxylic acid groups (broad SMARTS) is 1. The molecule has 2 rings (SSSR count). The van der Waals surface area contributed by atoms with Crippen molar-refractivity contribution < 1.29 is 14.7 Å². The van der Waals surface area contributed by atoms with E-state index in [2.05, 4.69) is 15.3 Å². The number of likely N-dealkylation sites (N-methyl/N-ethyl adjacent to an activating group) is 1. The summed E-state index contributed by atoms with van der Waals surface area (Å²) in [6, 6.07) is 0.907. The molecular weight excluding hydrogens is 262 g/mol. The summed E-state index contributed by atoms with van der Waals surface area (Å²) in [6.45, 7) is 3.12. The van der Waals surface area contributed by atoms with Crippen LogP contribution in [0.4, 0.5) is 11.6 Å². The van der Waals surface area contributed by atoms with Crippen molar-refractivity contribution in [3.63, 3.8) is 0 Å². The average molecular weight is 279 g/mol. The molecule has 1 atom stereocenters. The van der Waals surface area contributed by atoms with E-state index in [0.717, 1.165) is 0 Å². The van der Waals surface area contributed by atoms with Gasteiger partial charge in [-0.15, -0.1) is 0 Å². The zero-order valence-corrected chi connectivity index (χ0v) is 11.4. The topological polar surface area (TPSA) is 98.7 Å². The highest BCUT2D eigenvalue weighted by atomic mass is 16.4. The van der Waals surface area contributed by atoms with Crippen molar-refractivity contribution in [1.82, 2.24) is 14.9 Å². The number of carbonyl (C=O) groups excluding carboxylic acids is 1. The zero-order chi connectivity index (χ0) is 14.7. The number of anilines is 2. The van der Waals surface area contributed by atoms with Gasteiger partial charge in [0, 0.05) is 26.2 Å². The maximum Gasteiger partial charge on any atom is 0.325 e. The van der Waals surface area contributed by atoms with Crippen molar-refractivity contribution in [1.29, 1.82) is 0 Å². The zero-order valence-electron chi connectivity index (χ0n) is 11.4. The summed E-state index contributed by atoms with van der Waals surface area (Å²) in [4.78, 5) is 34.1. The molecule has 2 N–H and O–H groups in total. The van der Waals surface area contributed by atoms with Gasteiger partial charge in [-0.05, 0) is 6.92 Å². The summed E-state index contributed by atoms with van der Waals surface area (Å²) in [7, 11) is 1.77. The van der Waals surface area contributed by atoms with E-state index in [1.165, 1.54) is 13.3 Å². The second kappa shape index (κ2) is 5.72. The SMILES string of the molecule is CC(Nc1cc(N2CCN(C)C(=O)C2)ncn1)C(=O)O. The summed E-state index contributed by atoms with van der Waals surface area (Å²) in [5.41, 5.74) is 0. The van der Waals surface area contributed by atoms with Gasteiger partial charge in [-0.1, -0.05) is 0 Å². The summed E-state index contributed by atoms with van der Waals surface area (Å²) < 4.78 is 0. The molecule has 1 aliphatic heterocycles. The predicted molar refractivity (Wildman–Crippen MR) is 72.6 cm³/mol. The van der Waals surface area contributed by atoms with Gasteiger partial charge in [0.2, 0.25) is 5.91 Å². The number of piperazine rings is 1. The first-order chi connectivity index (χ1) is 9.47. The first-order valence-corrected chi connectivity index (χ1v) is 6.27. The molecule has 20 heavy (non-hydrogen) atoms. The minimum Gasteiger partial charge on any atom is -0.480 e. The summed E-state index contributed by atoms with van der Waals surface area (Å²) >= 11 is 0. The summed E-state index contributed by atoms with van der Waals surface area (Å²) in [5.74, 6) is 0.112. The molecule has 1 aromatic heterocycles. The van der Waals surface area contributed by atoms with E-state index in [0.29, 0.717) is 24.7 Å². The van der Waals surface area contributed by atoms with Crippen LogP contribution in [0.5, 0.6) is 0 Å². The molecule has 1 amide bonds. The Morgan fingerprint density at radius 2 is 2.20 bits per heavy atom. The Morgan fingerprint density at radius 1 is 1.45 bits per heavy atom.